The van der Waals surface area contributed by atoms with Gasteiger partial charge in [-0.1, -0.05) is 137 Å². The molecule has 1 heterocycles. The molecule has 1 unspecified atom stereocenters. The second kappa shape index (κ2) is 12.2. The average Bonchev–Trinajstić information content (AvgIpc) is 3.91. The molecule has 8 aromatic carbocycles. The third-order valence-corrected chi connectivity index (χ3v) is 14.6. The molecule has 2 nitrogen and oxygen atoms in total. The predicted octanol–water partition coefficient (Wildman–Crippen LogP) is 15.2. The summed E-state index contributed by atoms with van der Waals surface area (Å²) in [4.78, 5) is 2.54. The monoisotopic (exact) mass is 772 g/mol. The van der Waals surface area contributed by atoms with Crippen LogP contribution in [0.5, 0.6) is 0 Å². The van der Waals surface area contributed by atoms with E-state index in [2.05, 4.69) is 221 Å². The lowest BCUT2D eigenvalue weighted by Gasteiger charge is -2.33. The Labute approximate surface area is 353 Å². The van der Waals surface area contributed by atoms with Crippen LogP contribution in [0.15, 0.2) is 170 Å². The maximum absolute atomic E-state index is 2.56. The van der Waals surface area contributed by atoms with E-state index in [1.54, 1.807) is 0 Å². The van der Waals surface area contributed by atoms with Gasteiger partial charge in [-0.15, -0.1) is 0 Å². The Kier molecular flexibility index (Phi) is 7.19. The third-order valence-electron chi connectivity index (χ3n) is 14.6. The molecule has 1 spiro atoms. The highest BCUT2D eigenvalue weighted by Gasteiger charge is 2.55. The van der Waals surface area contributed by atoms with Crippen molar-refractivity contribution in [1.82, 2.24) is 4.57 Å². The van der Waals surface area contributed by atoms with Gasteiger partial charge < -0.3 is 9.47 Å². The Hall–Kier alpha value is -6.64. The molecule has 1 atom stereocenters. The summed E-state index contributed by atoms with van der Waals surface area (Å²) in [6.07, 6.45) is 1.03. The van der Waals surface area contributed by atoms with Gasteiger partial charge in [0.15, 0.2) is 0 Å². The van der Waals surface area contributed by atoms with Crippen molar-refractivity contribution in [3.05, 3.63) is 214 Å². The van der Waals surface area contributed by atoms with Crippen LogP contribution in [0.2, 0.25) is 0 Å². The topological polar surface area (TPSA) is 8.17 Å². The van der Waals surface area contributed by atoms with Crippen LogP contribution < -0.4 is 4.90 Å². The Bertz CT molecular complexity index is 3270. The van der Waals surface area contributed by atoms with Crippen molar-refractivity contribution in [2.45, 2.75) is 64.2 Å². The van der Waals surface area contributed by atoms with Crippen molar-refractivity contribution in [2.24, 2.45) is 0 Å². The predicted molar refractivity (Wildman–Crippen MR) is 252 cm³/mol. The summed E-state index contributed by atoms with van der Waals surface area (Å²) in [5.41, 5.74) is 23.5. The SMILES string of the molecule is Cc1ccc(C)c2c1C(C)(C)CC21c2ccccc2-c2ccc(N(c3ccc4c(c3)C(C)(C)c3ccccc3-4)c3ccc4c(c3)c3ccccc3n4-c3ccccc3)cc21. The fourth-order valence-electron chi connectivity index (χ4n) is 12.3. The second-order valence-electron chi connectivity index (χ2n) is 18.8. The molecule has 0 aliphatic heterocycles. The zero-order chi connectivity index (χ0) is 40.7. The van der Waals surface area contributed by atoms with Gasteiger partial charge >= 0.3 is 0 Å². The lowest BCUT2D eigenvalue weighted by molar-refractivity contribution is 0.448. The van der Waals surface area contributed by atoms with Crippen LogP contribution in [0.25, 0.3) is 49.7 Å². The van der Waals surface area contributed by atoms with Crippen LogP contribution in [0, 0.1) is 13.8 Å². The molecule has 3 aliphatic carbocycles. The highest BCUT2D eigenvalue weighted by Crippen LogP contribution is 2.64. The van der Waals surface area contributed by atoms with E-state index in [-0.39, 0.29) is 16.2 Å². The van der Waals surface area contributed by atoms with Crippen LogP contribution in [-0.2, 0) is 16.2 Å². The van der Waals surface area contributed by atoms with E-state index in [9.17, 15) is 0 Å². The van der Waals surface area contributed by atoms with Crippen LogP contribution in [0.3, 0.4) is 0 Å². The molecule has 0 fully saturated rings. The van der Waals surface area contributed by atoms with Crippen LogP contribution >= 0.6 is 0 Å². The minimum atomic E-state index is -0.253. The summed E-state index contributed by atoms with van der Waals surface area (Å²) in [7, 11) is 0. The number of nitrogens with zero attached hydrogens (tertiary/aromatic N) is 2. The lowest BCUT2D eigenvalue weighted by Crippen LogP contribution is -2.27. The van der Waals surface area contributed by atoms with Crippen LogP contribution in [0.1, 0.15) is 78.6 Å². The zero-order valence-corrected chi connectivity index (χ0v) is 35.3. The van der Waals surface area contributed by atoms with E-state index < -0.39 is 0 Å². The molecule has 0 amide bonds. The highest BCUT2D eigenvalue weighted by atomic mass is 15.1. The van der Waals surface area contributed by atoms with E-state index in [4.69, 9.17) is 0 Å². The molecule has 0 N–H and O–H groups in total. The molecule has 9 aromatic rings. The van der Waals surface area contributed by atoms with E-state index in [1.807, 2.05) is 0 Å². The molecule has 0 bridgehead atoms. The fraction of sp³-hybridized carbons (Fsp3) is 0.172. The number of hydrogen-bond donors (Lipinski definition) is 0. The number of aryl methyl sites for hydroxylation is 2. The minimum Gasteiger partial charge on any atom is -0.310 e. The first kappa shape index (κ1) is 35.3. The Morgan fingerprint density at radius 3 is 1.72 bits per heavy atom. The maximum atomic E-state index is 2.56. The molecule has 290 valence electrons. The molecular weight excluding hydrogens is 725 g/mol. The quantitative estimate of drug-likeness (QED) is 0.173. The third kappa shape index (κ3) is 4.60. The maximum Gasteiger partial charge on any atom is 0.0542 e. The fourth-order valence-corrected chi connectivity index (χ4v) is 12.3. The molecule has 12 rings (SSSR count). The number of anilines is 3. The average molecular weight is 773 g/mol. The Balaban J connectivity index is 1.13. The first-order valence-electron chi connectivity index (χ1n) is 21.6. The summed E-state index contributed by atoms with van der Waals surface area (Å²) < 4.78 is 2.41. The first-order valence-corrected chi connectivity index (χ1v) is 21.6. The van der Waals surface area contributed by atoms with Crippen molar-refractivity contribution >= 4 is 38.9 Å². The minimum absolute atomic E-state index is 0.00836. The standard InChI is InChI=1S/C58H48N2/c1-36-24-25-37(2)55-54(36)56(3,4)35-58(55)49-22-14-11-19-43(49)45-30-27-41(34-51(45)58)59(40-26-29-44-42-18-10-13-21-48(42)57(5,6)50(44)33-40)39-28-31-53-47(32-39)46-20-12-15-23-52(46)60(53)38-16-8-7-9-17-38/h7-34H,35H2,1-6H3. The summed E-state index contributed by atoms with van der Waals surface area (Å²) in [5.74, 6) is 0. The number of rotatable bonds is 4. The number of para-hydroxylation sites is 2. The van der Waals surface area contributed by atoms with Gasteiger partial charge in [0.25, 0.3) is 0 Å². The molecule has 60 heavy (non-hydrogen) atoms. The molecule has 0 radical (unpaired) electrons. The van der Waals surface area contributed by atoms with E-state index in [1.165, 1.54) is 106 Å². The lowest BCUT2D eigenvalue weighted by atomic mass is 9.70. The van der Waals surface area contributed by atoms with Gasteiger partial charge in [0.1, 0.15) is 0 Å². The number of benzene rings is 8. The number of aromatic nitrogens is 1. The molecule has 1 aromatic heterocycles. The van der Waals surface area contributed by atoms with Crippen molar-refractivity contribution in [3.63, 3.8) is 0 Å². The van der Waals surface area contributed by atoms with Crippen molar-refractivity contribution < 1.29 is 0 Å². The Morgan fingerprint density at radius 2 is 0.967 bits per heavy atom. The summed E-state index contributed by atoms with van der Waals surface area (Å²) in [5, 5.41) is 2.50. The number of hydrogen-bond acceptors (Lipinski definition) is 1. The van der Waals surface area contributed by atoms with Crippen LogP contribution in [0.4, 0.5) is 17.1 Å². The van der Waals surface area contributed by atoms with Gasteiger partial charge in [-0.3, -0.25) is 0 Å². The largest absolute Gasteiger partial charge is 0.310 e. The molecular formula is C58H48N2. The van der Waals surface area contributed by atoms with Crippen LogP contribution in [-0.4, -0.2) is 4.57 Å². The summed E-state index contributed by atoms with van der Waals surface area (Å²) in [6, 6.07) is 64.2. The number of fused-ring (bicyclic) bond motifs is 13. The molecule has 3 aliphatic rings. The van der Waals surface area contributed by atoms with Gasteiger partial charge in [-0.05, 0) is 153 Å². The van der Waals surface area contributed by atoms with Crippen molar-refractivity contribution in [1.29, 1.82) is 0 Å². The zero-order valence-electron chi connectivity index (χ0n) is 35.3. The van der Waals surface area contributed by atoms with Gasteiger partial charge in [-0.2, -0.15) is 0 Å². The Morgan fingerprint density at radius 1 is 0.433 bits per heavy atom. The van der Waals surface area contributed by atoms with Gasteiger partial charge in [-0.25, -0.2) is 0 Å². The van der Waals surface area contributed by atoms with Gasteiger partial charge in [0, 0.05) is 44.4 Å². The smallest absolute Gasteiger partial charge is 0.0542 e. The van der Waals surface area contributed by atoms with E-state index in [0.717, 1.165) is 12.1 Å². The van der Waals surface area contributed by atoms with Crippen molar-refractivity contribution in [2.75, 3.05) is 4.90 Å². The normalized spacial score (nSPS) is 17.4. The molecule has 0 saturated heterocycles. The summed E-state index contributed by atoms with van der Waals surface area (Å²) in [6.45, 7) is 14.4. The molecule has 0 saturated carbocycles. The second-order valence-corrected chi connectivity index (χ2v) is 18.8. The molecule has 2 heteroatoms. The van der Waals surface area contributed by atoms with Gasteiger partial charge in [0.2, 0.25) is 0 Å². The summed E-state index contributed by atoms with van der Waals surface area (Å²) >= 11 is 0. The highest BCUT2D eigenvalue weighted by molar-refractivity contribution is 6.11. The van der Waals surface area contributed by atoms with Gasteiger partial charge in [0.05, 0.1) is 11.0 Å². The van der Waals surface area contributed by atoms with E-state index in [0.29, 0.717) is 0 Å². The first-order chi connectivity index (χ1) is 29.1. The van der Waals surface area contributed by atoms with Crippen molar-refractivity contribution in [3.8, 4) is 27.9 Å². The van der Waals surface area contributed by atoms with E-state index >= 15 is 0 Å².